The molecule has 1 aliphatic rings. The molecule has 88 valence electrons. The van der Waals surface area contributed by atoms with E-state index in [9.17, 15) is 5.11 Å². The molecule has 0 aliphatic carbocycles. The minimum atomic E-state index is -0.652. The first kappa shape index (κ1) is 11.8. The summed E-state index contributed by atoms with van der Waals surface area (Å²) in [5.74, 6) is 2.67. The zero-order valence-corrected chi connectivity index (χ0v) is 10.6. The lowest BCUT2D eigenvalue weighted by Gasteiger charge is -2.22. The Labute approximate surface area is 101 Å². The minimum Gasteiger partial charge on any atom is -0.491 e. The van der Waals surface area contributed by atoms with Crippen LogP contribution in [0.4, 0.5) is 0 Å². The van der Waals surface area contributed by atoms with Crippen LogP contribution in [-0.2, 0) is 5.60 Å². The quantitative estimate of drug-likeness (QED) is 0.878. The molecule has 1 aliphatic heterocycles. The highest BCUT2D eigenvalue weighted by molar-refractivity contribution is 7.99. The second-order valence-electron chi connectivity index (χ2n) is 4.53. The maximum absolute atomic E-state index is 10.4. The fourth-order valence-corrected chi connectivity index (χ4v) is 3.19. The molecular formula is C13H18O2S. The van der Waals surface area contributed by atoms with Crippen molar-refractivity contribution in [2.24, 2.45) is 0 Å². The molecule has 1 heterocycles. The van der Waals surface area contributed by atoms with Gasteiger partial charge in [0.1, 0.15) is 5.75 Å². The van der Waals surface area contributed by atoms with E-state index >= 15 is 0 Å². The molecule has 1 unspecified atom stereocenters. The Morgan fingerprint density at radius 3 is 2.88 bits per heavy atom. The van der Waals surface area contributed by atoms with E-state index in [1.807, 2.05) is 38.1 Å². The van der Waals surface area contributed by atoms with Crippen LogP contribution in [0.1, 0.15) is 25.8 Å². The maximum atomic E-state index is 10.4. The summed E-state index contributed by atoms with van der Waals surface area (Å²) >= 11 is 1.80. The number of benzene rings is 1. The minimum absolute atomic E-state index is 0.169. The molecule has 2 nitrogen and oxygen atoms in total. The summed E-state index contributed by atoms with van der Waals surface area (Å²) in [4.78, 5) is 0. The highest BCUT2D eigenvalue weighted by Crippen LogP contribution is 2.37. The Balaban J connectivity index is 2.21. The Morgan fingerprint density at radius 1 is 1.44 bits per heavy atom. The average Bonchev–Trinajstić information content (AvgIpc) is 2.66. The van der Waals surface area contributed by atoms with Gasteiger partial charge in [-0.15, -0.1) is 0 Å². The van der Waals surface area contributed by atoms with Gasteiger partial charge in [0.25, 0.3) is 0 Å². The number of ether oxygens (including phenoxy) is 1. The fraction of sp³-hybridized carbons (Fsp3) is 0.538. The van der Waals surface area contributed by atoms with Gasteiger partial charge in [-0.05, 0) is 43.7 Å². The number of aliphatic hydroxyl groups is 1. The van der Waals surface area contributed by atoms with E-state index in [2.05, 4.69) is 0 Å². The van der Waals surface area contributed by atoms with Gasteiger partial charge in [0.15, 0.2) is 0 Å². The molecule has 1 fully saturated rings. The van der Waals surface area contributed by atoms with Crippen LogP contribution in [0.5, 0.6) is 5.75 Å². The summed E-state index contributed by atoms with van der Waals surface area (Å²) in [6.07, 6.45) is 1.01. The lowest BCUT2D eigenvalue weighted by Crippen LogP contribution is -2.24. The van der Waals surface area contributed by atoms with Gasteiger partial charge in [0.2, 0.25) is 0 Å². The van der Waals surface area contributed by atoms with Gasteiger partial charge < -0.3 is 9.84 Å². The zero-order chi connectivity index (χ0) is 11.6. The van der Waals surface area contributed by atoms with Gasteiger partial charge in [-0.1, -0.05) is 12.1 Å². The van der Waals surface area contributed by atoms with Gasteiger partial charge in [-0.3, -0.25) is 0 Å². The van der Waals surface area contributed by atoms with Crippen LogP contribution in [0.2, 0.25) is 0 Å². The van der Waals surface area contributed by atoms with Crippen molar-refractivity contribution in [1.29, 1.82) is 0 Å². The number of hydrogen-bond acceptors (Lipinski definition) is 3. The Hall–Kier alpha value is -0.670. The van der Waals surface area contributed by atoms with Crippen molar-refractivity contribution in [2.75, 3.05) is 11.5 Å². The summed E-state index contributed by atoms with van der Waals surface area (Å²) in [7, 11) is 0. The van der Waals surface area contributed by atoms with Crippen molar-refractivity contribution in [1.82, 2.24) is 0 Å². The van der Waals surface area contributed by atoms with Crippen LogP contribution in [0.25, 0.3) is 0 Å². The Morgan fingerprint density at radius 2 is 2.25 bits per heavy atom. The smallest absolute Gasteiger partial charge is 0.120 e. The molecule has 3 heteroatoms. The highest BCUT2D eigenvalue weighted by Gasteiger charge is 2.33. The SMILES string of the molecule is CC(C)Oc1cccc(C2(O)CCSC2)c1. The van der Waals surface area contributed by atoms with Crippen molar-refractivity contribution in [3.63, 3.8) is 0 Å². The zero-order valence-electron chi connectivity index (χ0n) is 9.77. The third-order valence-electron chi connectivity index (χ3n) is 2.74. The van der Waals surface area contributed by atoms with Crippen LogP contribution in [0.3, 0.4) is 0 Å². The van der Waals surface area contributed by atoms with Crippen LogP contribution < -0.4 is 4.74 Å². The second kappa shape index (κ2) is 4.68. The van der Waals surface area contributed by atoms with Gasteiger partial charge in [-0.2, -0.15) is 11.8 Å². The molecule has 0 aromatic heterocycles. The monoisotopic (exact) mass is 238 g/mol. The lowest BCUT2D eigenvalue weighted by molar-refractivity contribution is 0.0653. The molecule has 0 spiro atoms. The Kier molecular flexibility index (Phi) is 3.45. The van der Waals surface area contributed by atoms with Crippen molar-refractivity contribution >= 4 is 11.8 Å². The normalized spacial score (nSPS) is 25.0. The van der Waals surface area contributed by atoms with E-state index < -0.39 is 5.60 Å². The van der Waals surface area contributed by atoms with E-state index in [-0.39, 0.29) is 6.10 Å². The summed E-state index contributed by atoms with van der Waals surface area (Å²) < 4.78 is 5.64. The molecule has 0 amide bonds. The predicted octanol–water partition coefficient (Wildman–Crippen LogP) is 2.80. The molecule has 16 heavy (non-hydrogen) atoms. The average molecular weight is 238 g/mol. The molecule has 1 atom stereocenters. The van der Waals surface area contributed by atoms with E-state index in [4.69, 9.17) is 4.74 Å². The van der Waals surface area contributed by atoms with Crippen molar-refractivity contribution in [3.8, 4) is 5.75 Å². The molecule has 1 saturated heterocycles. The first-order chi connectivity index (χ1) is 7.60. The molecule has 0 bridgehead atoms. The third kappa shape index (κ3) is 2.53. The maximum Gasteiger partial charge on any atom is 0.120 e. The first-order valence-electron chi connectivity index (χ1n) is 5.67. The van der Waals surface area contributed by atoms with Crippen LogP contribution in [-0.4, -0.2) is 22.7 Å². The molecule has 2 rings (SSSR count). The summed E-state index contributed by atoms with van der Waals surface area (Å²) in [5.41, 5.74) is 0.330. The first-order valence-corrected chi connectivity index (χ1v) is 6.83. The molecule has 1 aromatic carbocycles. The van der Waals surface area contributed by atoms with Crippen LogP contribution in [0.15, 0.2) is 24.3 Å². The predicted molar refractivity (Wildman–Crippen MR) is 68.0 cm³/mol. The fourth-order valence-electron chi connectivity index (χ4n) is 1.91. The number of hydrogen-bond donors (Lipinski definition) is 1. The van der Waals surface area contributed by atoms with Gasteiger partial charge in [-0.25, -0.2) is 0 Å². The summed E-state index contributed by atoms with van der Waals surface area (Å²) in [5, 5.41) is 10.4. The van der Waals surface area contributed by atoms with Gasteiger partial charge >= 0.3 is 0 Å². The summed E-state index contributed by atoms with van der Waals surface area (Å²) in [6.45, 7) is 4.01. The van der Waals surface area contributed by atoms with E-state index in [0.29, 0.717) is 0 Å². The topological polar surface area (TPSA) is 29.5 Å². The van der Waals surface area contributed by atoms with Crippen molar-refractivity contribution in [3.05, 3.63) is 29.8 Å². The van der Waals surface area contributed by atoms with E-state index in [1.165, 1.54) is 0 Å². The van der Waals surface area contributed by atoms with Gasteiger partial charge in [0, 0.05) is 5.75 Å². The highest BCUT2D eigenvalue weighted by atomic mass is 32.2. The largest absolute Gasteiger partial charge is 0.491 e. The number of rotatable bonds is 3. The van der Waals surface area contributed by atoms with Crippen LogP contribution in [0, 0.1) is 0 Å². The molecule has 0 saturated carbocycles. The molecule has 1 aromatic rings. The number of thioether (sulfide) groups is 1. The van der Waals surface area contributed by atoms with E-state index in [0.717, 1.165) is 29.2 Å². The molecule has 1 N–H and O–H groups in total. The van der Waals surface area contributed by atoms with Crippen LogP contribution >= 0.6 is 11.8 Å². The standard InChI is InChI=1S/C13H18O2S/c1-10(2)15-12-5-3-4-11(8-12)13(14)6-7-16-9-13/h3-5,8,10,14H,6-7,9H2,1-2H3. The molecule has 0 radical (unpaired) electrons. The van der Waals surface area contributed by atoms with Gasteiger partial charge in [0.05, 0.1) is 11.7 Å². The lowest BCUT2D eigenvalue weighted by atomic mass is 9.93. The molecular weight excluding hydrogens is 220 g/mol. The van der Waals surface area contributed by atoms with Crippen molar-refractivity contribution in [2.45, 2.75) is 32.0 Å². The third-order valence-corrected chi connectivity index (χ3v) is 3.92. The summed E-state index contributed by atoms with van der Waals surface area (Å²) in [6, 6.07) is 7.84. The second-order valence-corrected chi connectivity index (χ2v) is 5.63. The van der Waals surface area contributed by atoms with Crippen molar-refractivity contribution < 1.29 is 9.84 Å². The van der Waals surface area contributed by atoms with E-state index in [1.54, 1.807) is 11.8 Å². The Bertz CT molecular complexity index is 357.